The Balaban J connectivity index is 1.38. The zero-order valence-electron chi connectivity index (χ0n) is 17.0. The van der Waals surface area contributed by atoms with Crippen molar-refractivity contribution in [1.82, 2.24) is 0 Å². The molecule has 2 rings (SSSR count). The van der Waals surface area contributed by atoms with Crippen molar-refractivity contribution in [3.63, 3.8) is 0 Å². The first kappa shape index (κ1) is 21.3. The van der Waals surface area contributed by atoms with Gasteiger partial charge < -0.3 is 4.89 Å². The summed E-state index contributed by atoms with van der Waals surface area (Å²) < 4.78 is 0. The van der Waals surface area contributed by atoms with Crippen molar-refractivity contribution in [2.75, 3.05) is 0 Å². The van der Waals surface area contributed by atoms with E-state index in [4.69, 9.17) is 9.78 Å². The number of hydrogen-bond donors (Lipinski definition) is 0. The fourth-order valence-electron chi connectivity index (χ4n) is 3.39. The van der Waals surface area contributed by atoms with Crippen LogP contribution in [0, 0.1) is 0 Å². The largest absolute Gasteiger partial charge is 0.337 e. The molecule has 0 unspecified atom stereocenters. The lowest BCUT2D eigenvalue weighted by Gasteiger charge is -2.06. The van der Waals surface area contributed by atoms with Gasteiger partial charge in [0.2, 0.25) is 0 Å². The number of aryl methyl sites for hydroxylation is 1. The van der Waals surface area contributed by atoms with E-state index in [1.54, 1.807) is 0 Å². The number of hydrogen-bond acceptors (Lipinski definition) is 2. The van der Waals surface area contributed by atoms with Crippen LogP contribution in [0.3, 0.4) is 0 Å². The van der Waals surface area contributed by atoms with Crippen LogP contribution in [0.15, 0.2) is 24.3 Å². The minimum atomic E-state index is 0.333. The molecule has 2 nitrogen and oxygen atoms in total. The van der Waals surface area contributed by atoms with E-state index in [-0.39, 0.29) is 0 Å². The normalized spacial score (nSPS) is 13.9. The molecule has 0 bridgehead atoms. The molecule has 1 saturated carbocycles. The molecule has 0 spiro atoms. The van der Waals surface area contributed by atoms with Gasteiger partial charge in [-0.2, -0.15) is 4.89 Å². The minimum absolute atomic E-state index is 0.333. The van der Waals surface area contributed by atoms with E-state index in [0.717, 1.165) is 25.0 Å². The van der Waals surface area contributed by atoms with E-state index in [0.29, 0.717) is 6.10 Å². The van der Waals surface area contributed by atoms with Crippen molar-refractivity contribution in [3.8, 4) is 5.75 Å². The second kappa shape index (κ2) is 14.1. The Labute approximate surface area is 161 Å². The molecule has 2 heteroatoms. The molecule has 26 heavy (non-hydrogen) atoms. The quantitative estimate of drug-likeness (QED) is 0.160. The van der Waals surface area contributed by atoms with Crippen LogP contribution in [-0.2, 0) is 11.3 Å². The lowest BCUT2D eigenvalue weighted by atomic mass is 10.0. The van der Waals surface area contributed by atoms with Gasteiger partial charge in [-0.3, -0.25) is 0 Å². The predicted molar refractivity (Wildman–Crippen MR) is 111 cm³/mol. The molecule has 0 aliphatic heterocycles. The van der Waals surface area contributed by atoms with Crippen LogP contribution in [-0.4, -0.2) is 6.10 Å². The molecular weight excluding hydrogens is 320 g/mol. The molecule has 0 amide bonds. The lowest BCUT2D eigenvalue weighted by Crippen LogP contribution is -1.99. The standard InChI is InChI=1S/C24H40O2/c1-2-3-4-5-6-7-8-9-10-11-12-13-14-16-22-17-15-18-24(21-22)26-25-23-19-20-23/h15,17-18,21,23H,2-14,16,19-20H2,1H3. The summed E-state index contributed by atoms with van der Waals surface area (Å²) in [6.07, 6.45) is 22.1. The third kappa shape index (κ3) is 10.9. The van der Waals surface area contributed by atoms with Crippen molar-refractivity contribution in [2.24, 2.45) is 0 Å². The van der Waals surface area contributed by atoms with Gasteiger partial charge in [-0.15, -0.1) is 0 Å². The van der Waals surface area contributed by atoms with E-state index in [9.17, 15) is 0 Å². The minimum Gasteiger partial charge on any atom is -0.337 e. The van der Waals surface area contributed by atoms with E-state index < -0.39 is 0 Å². The maximum absolute atomic E-state index is 5.39. The summed E-state index contributed by atoms with van der Waals surface area (Å²) in [6, 6.07) is 8.38. The Hall–Kier alpha value is -1.02. The number of benzene rings is 1. The third-order valence-electron chi connectivity index (χ3n) is 5.27. The lowest BCUT2D eigenvalue weighted by molar-refractivity contribution is -0.217. The first-order chi connectivity index (χ1) is 12.9. The molecule has 0 radical (unpaired) electrons. The number of rotatable bonds is 17. The smallest absolute Gasteiger partial charge is 0.165 e. The second-order valence-electron chi connectivity index (χ2n) is 8.02. The molecule has 1 aromatic carbocycles. The van der Waals surface area contributed by atoms with Gasteiger partial charge in [-0.25, -0.2) is 0 Å². The van der Waals surface area contributed by atoms with Crippen molar-refractivity contribution in [3.05, 3.63) is 29.8 Å². The molecule has 0 saturated heterocycles. The first-order valence-corrected chi connectivity index (χ1v) is 11.3. The predicted octanol–water partition coefficient (Wildman–Crippen LogP) is 7.79. The molecule has 0 heterocycles. The van der Waals surface area contributed by atoms with Crippen molar-refractivity contribution >= 4 is 0 Å². The molecule has 1 aliphatic rings. The molecule has 1 aromatic rings. The summed E-state index contributed by atoms with van der Waals surface area (Å²) in [6.45, 7) is 2.29. The molecule has 1 fully saturated rings. The molecule has 0 aromatic heterocycles. The Morgan fingerprint density at radius 1 is 0.769 bits per heavy atom. The van der Waals surface area contributed by atoms with Gasteiger partial charge in [0.1, 0.15) is 6.10 Å². The van der Waals surface area contributed by atoms with Gasteiger partial charge in [-0.1, -0.05) is 96.1 Å². The molecule has 1 aliphatic carbocycles. The second-order valence-corrected chi connectivity index (χ2v) is 8.02. The van der Waals surface area contributed by atoms with Crippen LogP contribution >= 0.6 is 0 Å². The fraction of sp³-hybridized carbons (Fsp3) is 0.750. The zero-order valence-corrected chi connectivity index (χ0v) is 17.0. The maximum atomic E-state index is 5.39. The molecule has 0 atom stereocenters. The Bertz CT molecular complexity index is 453. The van der Waals surface area contributed by atoms with Gasteiger partial charge in [0.15, 0.2) is 5.75 Å². The average molecular weight is 361 g/mol. The van der Waals surface area contributed by atoms with Crippen LogP contribution < -0.4 is 4.89 Å². The highest BCUT2D eigenvalue weighted by Crippen LogP contribution is 2.25. The van der Waals surface area contributed by atoms with Crippen molar-refractivity contribution < 1.29 is 9.78 Å². The van der Waals surface area contributed by atoms with Gasteiger partial charge in [0.05, 0.1) is 0 Å². The van der Waals surface area contributed by atoms with Gasteiger partial charge in [-0.05, 0) is 43.4 Å². The van der Waals surface area contributed by atoms with Crippen LogP contribution in [0.2, 0.25) is 0 Å². The van der Waals surface area contributed by atoms with E-state index in [1.807, 2.05) is 6.07 Å². The average Bonchev–Trinajstić information content (AvgIpc) is 3.49. The van der Waals surface area contributed by atoms with E-state index in [1.165, 1.54) is 89.0 Å². The summed E-state index contributed by atoms with van der Waals surface area (Å²) in [5, 5.41) is 0. The Kier molecular flexibility index (Phi) is 11.5. The summed E-state index contributed by atoms with van der Waals surface area (Å²) in [5.74, 6) is 0.851. The number of unbranched alkanes of at least 4 members (excludes halogenated alkanes) is 12. The summed E-state index contributed by atoms with van der Waals surface area (Å²) in [5.41, 5.74) is 1.37. The topological polar surface area (TPSA) is 18.5 Å². The summed E-state index contributed by atoms with van der Waals surface area (Å²) in [7, 11) is 0. The van der Waals surface area contributed by atoms with E-state index in [2.05, 4.69) is 25.1 Å². The summed E-state index contributed by atoms with van der Waals surface area (Å²) >= 11 is 0. The van der Waals surface area contributed by atoms with Crippen LogP contribution in [0.4, 0.5) is 0 Å². The zero-order chi connectivity index (χ0) is 18.3. The Morgan fingerprint density at radius 3 is 1.92 bits per heavy atom. The highest BCUT2D eigenvalue weighted by Gasteiger charge is 2.24. The van der Waals surface area contributed by atoms with Crippen molar-refractivity contribution in [1.29, 1.82) is 0 Å². The molecule has 0 N–H and O–H groups in total. The fourth-order valence-corrected chi connectivity index (χ4v) is 3.39. The van der Waals surface area contributed by atoms with Crippen LogP contribution in [0.25, 0.3) is 0 Å². The van der Waals surface area contributed by atoms with Gasteiger partial charge in [0, 0.05) is 0 Å². The maximum Gasteiger partial charge on any atom is 0.165 e. The monoisotopic (exact) mass is 360 g/mol. The Morgan fingerprint density at radius 2 is 1.35 bits per heavy atom. The van der Waals surface area contributed by atoms with Crippen LogP contribution in [0.1, 0.15) is 109 Å². The van der Waals surface area contributed by atoms with Crippen molar-refractivity contribution in [2.45, 2.75) is 116 Å². The van der Waals surface area contributed by atoms with Crippen LogP contribution in [0.5, 0.6) is 5.75 Å². The highest BCUT2D eigenvalue weighted by molar-refractivity contribution is 5.28. The van der Waals surface area contributed by atoms with E-state index >= 15 is 0 Å². The summed E-state index contributed by atoms with van der Waals surface area (Å²) in [4.78, 5) is 10.7. The third-order valence-corrected chi connectivity index (χ3v) is 5.27. The molecular formula is C24H40O2. The SMILES string of the molecule is CCCCCCCCCCCCCCCc1cccc(OOC2CC2)c1. The highest BCUT2D eigenvalue weighted by atomic mass is 17.2. The first-order valence-electron chi connectivity index (χ1n) is 11.3. The molecule has 148 valence electrons. The van der Waals surface area contributed by atoms with Gasteiger partial charge in [0.25, 0.3) is 0 Å². The van der Waals surface area contributed by atoms with Gasteiger partial charge >= 0.3 is 0 Å².